The number of nitrogens with zero attached hydrogens (tertiary/aromatic N) is 2. The highest BCUT2D eigenvalue weighted by Gasteiger charge is 2.28. The van der Waals surface area contributed by atoms with Crippen molar-refractivity contribution in [2.45, 2.75) is 39.3 Å². The van der Waals surface area contributed by atoms with E-state index in [1.54, 1.807) is 0 Å². The lowest BCUT2D eigenvalue weighted by Gasteiger charge is -2.27. The summed E-state index contributed by atoms with van der Waals surface area (Å²) >= 11 is 0. The Balaban J connectivity index is 2.43. The number of rotatable bonds is 8. The van der Waals surface area contributed by atoms with E-state index in [2.05, 4.69) is 29.0 Å². The number of carbonyl (C=O) groups excluding carboxylic acids is 1. The van der Waals surface area contributed by atoms with Crippen LogP contribution in [0.15, 0.2) is 0 Å². The van der Waals surface area contributed by atoms with Gasteiger partial charge in [-0.05, 0) is 32.6 Å². The average Bonchev–Trinajstić information content (AvgIpc) is 2.78. The number of primary amides is 1. The minimum atomic E-state index is -0.247. The highest BCUT2D eigenvalue weighted by molar-refractivity contribution is 5.80. The second-order valence-electron chi connectivity index (χ2n) is 4.94. The number of carbonyl (C=O) groups is 1. The molecule has 2 unspecified atom stereocenters. The van der Waals surface area contributed by atoms with Crippen LogP contribution >= 0.6 is 0 Å². The Morgan fingerprint density at radius 1 is 1.44 bits per heavy atom. The van der Waals surface area contributed by atoms with Crippen LogP contribution in [-0.2, 0) is 4.79 Å². The number of nitrogens with one attached hydrogen (secondary N) is 1. The molecular weight excluding hydrogens is 228 g/mol. The fraction of sp³-hybridized carbons (Fsp3) is 0.923. The summed E-state index contributed by atoms with van der Waals surface area (Å²) in [5, 5.41) is 3.15. The largest absolute Gasteiger partial charge is 0.368 e. The van der Waals surface area contributed by atoms with Crippen LogP contribution in [-0.4, -0.2) is 67.1 Å². The predicted molar refractivity (Wildman–Crippen MR) is 74.4 cm³/mol. The van der Waals surface area contributed by atoms with Crippen molar-refractivity contribution in [3.05, 3.63) is 0 Å². The van der Waals surface area contributed by atoms with E-state index >= 15 is 0 Å². The summed E-state index contributed by atoms with van der Waals surface area (Å²) in [5.41, 5.74) is 5.41. The molecule has 0 aromatic carbocycles. The molecule has 18 heavy (non-hydrogen) atoms. The minimum absolute atomic E-state index is 0.217. The van der Waals surface area contributed by atoms with Crippen LogP contribution in [0, 0.1) is 0 Å². The molecule has 0 aromatic rings. The third kappa shape index (κ3) is 4.23. The van der Waals surface area contributed by atoms with E-state index in [-0.39, 0.29) is 11.9 Å². The molecular formula is C13H28N4O. The standard InChI is InChI=1S/C13H28N4O/c1-4-15-12(13(14)18)10-16-8-7-11(9-16)17(5-2)6-3/h11-12,15H,4-10H2,1-3H3,(H2,14,18). The molecule has 5 heteroatoms. The van der Waals surface area contributed by atoms with Gasteiger partial charge in [-0.2, -0.15) is 0 Å². The van der Waals surface area contributed by atoms with Crippen LogP contribution in [0.2, 0.25) is 0 Å². The van der Waals surface area contributed by atoms with E-state index in [0.29, 0.717) is 6.04 Å². The van der Waals surface area contributed by atoms with Gasteiger partial charge in [-0.1, -0.05) is 20.8 Å². The zero-order valence-electron chi connectivity index (χ0n) is 12.0. The Labute approximate surface area is 111 Å². The number of hydrogen-bond donors (Lipinski definition) is 2. The Hall–Kier alpha value is -0.650. The Morgan fingerprint density at radius 3 is 2.61 bits per heavy atom. The lowest BCUT2D eigenvalue weighted by atomic mass is 10.2. The van der Waals surface area contributed by atoms with Crippen molar-refractivity contribution in [1.82, 2.24) is 15.1 Å². The maximum absolute atomic E-state index is 11.3. The van der Waals surface area contributed by atoms with Gasteiger partial charge in [0.1, 0.15) is 0 Å². The molecule has 1 amide bonds. The number of likely N-dealkylation sites (N-methyl/N-ethyl adjacent to an activating group) is 2. The third-order valence-corrected chi connectivity index (χ3v) is 3.81. The lowest BCUT2D eigenvalue weighted by Crippen LogP contribution is -2.49. The van der Waals surface area contributed by atoms with Crippen LogP contribution in [0.3, 0.4) is 0 Å². The Bertz CT molecular complexity index is 255. The molecule has 3 N–H and O–H groups in total. The van der Waals surface area contributed by atoms with E-state index < -0.39 is 0 Å². The highest BCUT2D eigenvalue weighted by atomic mass is 16.1. The zero-order valence-corrected chi connectivity index (χ0v) is 12.0. The molecule has 0 bridgehead atoms. The zero-order chi connectivity index (χ0) is 13.5. The molecule has 0 aliphatic carbocycles. The topological polar surface area (TPSA) is 61.6 Å². The quantitative estimate of drug-likeness (QED) is 0.635. The van der Waals surface area contributed by atoms with Gasteiger partial charge < -0.3 is 11.1 Å². The van der Waals surface area contributed by atoms with Crippen molar-refractivity contribution in [2.24, 2.45) is 5.73 Å². The summed E-state index contributed by atoms with van der Waals surface area (Å²) in [4.78, 5) is 16.2. The summed E-state index contributed by atoms with van der Waals surface area (Å²) < 4.78 is 0. The van der Waals surface area contributed by atoms with E-state index in [0.717, 1.165) is 39.3 Å². The fourth-order valence-corrected chi connectivity index (χ4v) is 2.78. The molecule has 0 spiro atoms. The third-order valence-electron chi connectivity index (χ3n) is 3.81. The number of amides is 1. The van der Waals surface area contributed by atoms with Crippen LogP contribution < -0.4 is 11.1 Å². The Morgan fingerprint density at radius 2 is 2.11 bits per heavy atom. The summed E-state index contributed by atoms with van der Waals surface area (Å²) in [6.07, 6.45) is 1.19. The summed E-state index contributed by atoms with van der Waals surface area (Å²) in [7, 11) is 0. The van der Waals surface area contributed by atoms with Crippen molar-refractivity contribution in [2.75, 3.05) is 39.3 Å². The molecule has 1 aliphatic heterocycles. The van der Waals surface area contributed by atoms with Gasteiger partial charge in [-0.25, -0.2) is 0 Å². The Kier molecular flexibility index (Phi) is 6.60. The number of nitrogens with two attached hydrogens (primary N) is 1. The number of likely N-dealkylation sites (tertiary alicyclic amines) is 1. The van der Waals surface area contributed by atoms with E-state index in [1.807, 2.05) is 6.92 Å². The van der Waals surface area contributed by atoms with Crippen molar-refractivity contribution < 1.29 is 4.79 Å². The van der Waals surface area contributed by atoms with Gasteiger partial charge in [0, 0.05) is 19.1 Å². The summed E-state index contributed by atoms with van der Waals surface area (Å²) in [6.45, 7) is 12.2. The first-order valence-corrected chi connectivity index (χ1v) is 7.11. The second-order valence-corrected chi connectivity index (χ2v) is 4.94. The molecule has 0 saturated carbocycles. The van der Waals surface area contributed by atoms with Crippen LogP contribution in [0.4, 0.5) is 0 Å². The van der Waals surface area contributed by atoms with E-state index in [1.165, 1.54) is 6.42 Å². The molecule has 2 atom stereocenters. The van der Waals surface area contributed by atoms with Gasteiger partial charge in [0.25, 0.3) is 0 Å². The van der Waals surface area contributed by atoms with Gasteiger partial charge in [0.2, 0.25) is 5.91 Å². The van der Waals surface area contributed by atoms with Crippen molar-refractivity contribution in [3.63, 3.8) is 0 Å². The predicted octanol–water partition coefficient (Wildman–Crippen LogP) is -0.134. The smallest absolute Gasteiger partial charge is 0.235 e. The molecule has 0 radical (unpaired) electrons. The van der Waals surface area contributed by atoms with Crippen LogP contribution in [0.1, 0.15) is 27.2 Å². The highest BCUT2D eigenvalue weighted by Crippen LogP contribution is 2.15. The average molecular weight is 256 g/mol. The SMILES string of the molecule is CCNC(CN1CCC(N(CC)CC)C1)C(N)=O. The van der Waals surface area contributed by atoms with E-state index in [4.69, 9.17) is 5.73 Å². The minimum Gasteiger partial charge on any atom is -0.368 e. The molecule has 1 rings (SSSR count). The molecule has 1 heterocycles. The van der Waals surface area contributed by atoms with Gasteiger partial charge >= 0.3 is 0 Å². The monoisotopic (exact) mass is 256 g/mol. The van der Waals surface area contributed by atoms with E-state index in [9.17, 15) is 4.79 Å². The maximum atomic E-state index is 11.3. The first kappa shape index (κ1) is 15.4. The molecule has 0 aromatic heterocycles. The van der Waals surface area contributed by atoms with Gasteiger partial charge in [-0.3, -0.25) is 14.6 Å². The van der Waals surface area contributed by atoms with Crippen molar-refractivity contribution in [3.8, 4) is 0 Å². The molecule has 1 aliphatic rings. The fourth-order valence-electron chi connectivity index (χ4n) is 2.78. The van der Waals surface area contributed by atoms with Gasteiger partial charge in [-0.15, -0.1) is 0 Å². The lowest BCUT2D eigenvalue weighted by molar-refractivity contribution is -0.120. The maximum Gasteiger partial charge on any atom is 0.235 e. The van der Waals surface area contributed by atoms with Gasteiger partial charge in [0.15, 0.2) is 0 Å². The van der Waals surface area contributed by atoms with Crippen molar-refractivity contribution >= 4 is 5.91 Å². The van der Waals surface area contributed by atoms with Crippen molar-refractivity contribution in [1.29, 1.82) is 0 Å². The molecule has 1 saturated heterocycles. The summed E-state index contributed by atoms with van der Waals surface area (Å²) in [6, 6.07) is 0.417. The normalized spacial score (nSPS) is 22.6. The summed E-state index contributed by atoms with van der Waals surface area (Å²) in [5.74, 6) is -0.247. The first-order valence-electron chi connectivity index (χ1n) is 7.11. The second kappa shape index (κ2) is 7.71. The molecule has 106 valence electrons. The first-order chi connectivity index (χ1) is 8.62. The molecule has 5 nitrogen and oxygen atoms in total. The van der Waals surface area contributed by atoms with Crippen LogP contribution in [0.25, 0.3) is 0 Å². The molecule has 1 fully saturated rings. The van der Waals surface area contributed by atoms with Gasteiger partial charge in [0.05, 0.1) is 6.04 Å². The number of hydrogen-bond acceptors (Lipinski definition) is 4. The van der Waals surface area contributed by atoms with Crippen LogP contribution in [0.5, 0.6) is 0 Å².